The van der Waals surface area contributed by atoms with Crippen molar-refractivity contribution in [3.63, 3.8) is 0 Å². The quantitative estimate of drug-likeness (QED) is 0.586. The maximum atomic E-state index is 12.4. The first kappa shape index (κ1) is 19.1. The van der Waals surface area contributed by atoms with Gasteiger partial charge in [-0.25, -0.2) is 0 Å². The minimum atomic E-state index is -0.230. The summed E-state index contributed by atoms with van der Waals surface area (Å²) < 4.78 is 6.67. The number of carbonyl (C=O) groups is 1. The molecule has 7 nitrogen and oxygen atoms in total. The highest BCUT2D eigenvalue weighted by atomic mass is 35.5. The fourth-order valence-corrected chi connectivity index (χ4v) is 3.56. The van der Waals surface area contributed by atoms with Gasteiger partial charge in [-0.05, 0) is 35.9 Å². The van der Waals surface area contributed by atoms with Crippen molar-refractivity contribution >= 4 is 40.9 Å². The summed E-state index contributed by atoms with van der Waals surface area (Å²) in [6.45, 7) is 0.00964. The SMILES string of the molecule is COc1ccc(NC(=O)Cn2c(N)nnc2SCc2ccccc2Cl)cc1. The zero-order valence-electron chi connectivity index (χ0n) is 14.6. The monoisotopic (exact) mass is 403 g/mol. The molecule has 0 fully saturated rings. The van der Waals surface area contributed by atoms with Crippen LogP contribution in [0.4, 0.5) is 11.6 Å². The van der Waals surface area contributed by atoms with Crippen molar-refractivity contribution in [2.24, 2.45) is 0 Å². The van der Waals surface area contributed by atoms with E-state index in [2.05, 4.69) is 15.5 Å². The van der Waals surface area contributed by atoms with Gasteiger partial charge in [-0.1, -0.05) is 41.6 Å². The lowest BCUT2D eigenvalue weighted by atomic mass is 10.2. The smallest absolute Gasteiger partial charge is 0.244 e. The zero-order valence-corrected chi connectivity index (χ0v) is 16.1. The third-order valence-electron chi connectivity index (χ3n) is 3.74. The van der Waals surface area contributed by atoms with E-state index in [0.29, 0.717) is 27.4 Å². The van der Waals surface area contributed by atoms with E-state index in [4.69, 9.17) is 22.1 Å². The Labute approximate surface area is 165 Å². The Hall–Kier alpha value is -2.71. The fourth-order valence-electron chi connectivity index (χ4n) is 2.33. The molecular weight excluding hydrogens is 386 g/mol. The van der Waals surface area contributed by atoms with Crippen LogP contribution in [-0.4, -0.2) is 27.8 Å². The number of anilines is 2. The Bertz CT molecular complexity index is 930. The second-order valence-corrected chi connectivity index (χ2v) is 6.93. The molecule has 0 saturated heterocycles. The molecule has 0 aliphatic carbocycles. The van der Waals surface area contributed by atoms with Crippen molar-refractivity contribution in [3.05, 3.63) is 59.1 Å². The molecule has 9 heteroatoms. The number of benzene rings is 2. The maximum absolute atomic E-state index is 12.4. The van der Waals surface area contributed by atoms with Crippen LogP contribution in [0.1, 0.15) is 5.56 Å². The molecule has 2 aromatic carbocycles. The molecule has 0 spiro atoms. The van der Waals surface area contributed by atoms with Gasteiger partial charge in [0.25, 0.3) is 0 Å². The van der Waals surface area contributed by atoms with E-state index in [1.807, 2.05) is 24.3 Å². The molecule has 0 radical (unpaired) electrons. The third kappa shape index (κ3) is 4.93. The van der Waals surface area contributed by atoms with Gasteiger partial charge in [0, 0.05) is 16.5 Å². The Kier molecular flexibility index (Phi) is 6.20. The van der Waals surface area contributed by atoms with Gasteiger partial charge in [0.1, 0.15) is 12.3 Å². The van der Waals surface area contributed by atoms with Gasteiger partial charge < -0.3 is 15.8 Å². The largest absolute Gasteiger partial charge is 0.497 e. The van der Waals surface area contributed by atoms with Gasteiger partial charge in [0.15, 0.2) is 5.16 Å². The van der Waals surface area contributed by atoms with Crippen molar-refractivity contribution < 1.29 is 9.53 Å². The number of halogens is 1. The van der Waals surface area contributed by atoms with Crippen LogP contribution in [0, 0.1) is 0 Å². The number of nitrogens with two attached hydrogens (primary N) is 1. The summed E-state index contributed by atoms with van der Waals surface area (Å²) in [6, 6.07) is 14.6. The average Bonchev–Trinajstić information content (AvgIpc) is 3.01. The fraction of sp³-hybridized carbons (Fsp3) is 0.167. The number of methoxy groups -OCH3 is 1. The molecule has 1 aromatic heterocycles. The summed E-state index contributed by atoms with van der Waals surface area (Å²) in [4.78, 5) is 12.4. The van der Waals surface area contributed by atoms with E-state index in [1.54, 1.807) is 35.9 Å². The number of thioether (sulfide) groups is 1. The predicted octanol–water partition coefficient (Wildman–Crippen LogP) is 3.45. The summed E-state index contributed by atoms with van der Waals surface area (Å²) in [7, 11) is 1.59. The summed E-state index contributed by atoms with van der Waals surface area (Å²) >= 11 is 7.59. The number of amides is 1. The van der Waals surface area contributed by atoms with Gasteiger partial charge in [0.2, 0.25) is 11.9 Å². The summed E-state index contributed by atoms with van der Waals surface area (Å²) in [6.07, 6.45) is 0. The van der Waals surface area contributed by atoms with Gasteiger partial charge in [-0.15, -0.1) is 10.2 Å². The van der Waals surface area contributed by atoms with E-state index in [-0.39, 0.29) is 18.4 Å². The standard InChI is InChI=1S/C18H18ClN5O2S/c1-26-14-8-6-13(7-9-14)21-16(25)10-24-17(20)22-23-18(24)27-11-12-4-2-3-5-15(12)19/h2-9H,10-11H2,1H3,(H2,20,22)(H,21,25). The Morgan fingerprint density at radius 1 is 1.22 bits per heavy atom. The minimum Gasteiger partial charge on any atom is -0.497 e. The van der Waals surface area contributed by atoms with Crippen LogP contribution >= 0.6 is 23.4 Å². The lowest BCUT2D eigenvalue weighted by Crippen LogP contribution is -2.20. The van der Waals surface area contributed by atoms with Crippen molar-refractivity contribution in [1.29, 1.82) is 0 Å². The molecule has 0 aliphatic rings. The number of nitrogens with one attached hydrogen (secondary N) is 1. The molecule has 0 bridgehead atoms. The molecule has 3 aromatic rings. The molecule has 0 unspecified atom stereocenters. The second kappa shape index (κ2) is 8.79. The summed E-state index contributed by atoms with van der Waals surface area (Å²) in [5.41, 5.74) is 7.51. The van der Waals surface area contributed by atoms with E-state index in [0.717, 1.165) is 5.56 Å². The molecule has 3 rings (SSSR count). The Balaban J connectivity index is 1.65. The van der Waals surface area contributed by atoms with Crippen LogP contribution in [0.15, 0.2) is 53.7 Å². The Morgan fingerprint density at radius 3 is 2.67 bits per heavy atom. The van der Waals surface area contributed by atoms with Gasteiger partial charge in [0.05, 0.1) is 7.11 Å². The number of rotatable bonds is 7. The number of hydrogen-bond acceptors (Lipinski definition) is 6. The molecule has 1 heterocycles. The summed E-state index contributed by atoms with van der Waals surface area (Å²) in [5.74, 6) is 1.26. The highest BCUT2D eigenvalue weighted by molar-refractivity contribution is 7.98. The maximum Gasteiger partial charge on any atom is 0.244 e. The van der Waals surface area contributed by atoms with Crippen molar-refractivity contribution in [2.45, 2.75) is 17.5 Å². The normalized spacial score (nSPS) is 10.6. The highest BCUT2D eigenvalue weighted by Crippen LogP contribution is 2.26. The first-order chi connectivity index (χ1) is 13.1. The van der Waals surface area contributed by atoms with Gasteiger partial charge in [-0.2, -0.15) is 0 Å². The number of carbonyl (C=O) groups excluding carboxylic acids is 1. The molecule has 140 valence electrons. The van der Waals surface area contributed by atoms with Crippen LogP contribution in [0.25, 0.3) is 0 Å². The number of aromatic nitrogens is 3. The first-order valence-electron chi connectivity index (χ1n) is 8.05. The lowest BCUT2D eigenvalue weighted by Gasteiger charge is -2.10. The molecule has 0 saturated carbocycles. The molecule has 0 aliphatic heterocycles. The van der Waals surface area contributed by atoms with E-state index < -0.39 is 0 Å². The van der Waals surface area contributed by atoms with E-state index in [9.17, 15) is 4.79 Å². The summed E-state index contributed by atoms with van der Waals surface area (Å²) in [5, 5.41) is 12.0. The minimum absolute atomic E-state index is 0.00964. The Morgan fingerprint density at radius 2 is 1.96 bits per heavy atom. The molecular formula is C18H18ClN5O2S. The van der Waals surface area contributed by atoms with Crippen LogP contribution in [0.3, 0.4) is 0 Å². The predicted molar refractivity (Wildman–Crippen MR) is 107 cm³/mol. The van der Waals surface area contributed by atoms with E-state index >= 15 is 0 Å². The lowest BCUT2D eigenvalue weighted by molar-refractivity contribution is -0.116. The third-order valence-corrected chi connectivity index (χ3v) is 5.12. The number of nitrogens with zero attached hydrogens (tertiary/aromatic N) is 3. The zero-order chi connectivity index (χ0) is 19.2. The van der Waals surface area contributed by atoms with Crippen LogP contribution in [0.5, 0.6) is 5.75 Å². The van der Waals surface area contributed by atoms with E-state index in [1.165, 1.54) is 11.8 Å². The van der Waals surface area contributed by atoms with Crippen molar-refractivity contribution in [1.82, 2.24) is 14.8 Å². The van der Waals surface area contributed by atoms with Crippen LogP contribution in [0.2, 0.25) is 5.02 Å². The van der Waals surface area contributed by atoms with Crippen molar-refractivity contribution in [3.8, 4) is 5.75 Å². The van der Waals surface area contributed by atoms with Gasteiger partial charge >= 0.3 is 0 Å². The van der Waals surface area contributed by atoms with Crippen molar-refractivity contribution in [2.75, 3.05) is 18.2 Å². The number of ether oxygens (including phenoxy) is 1. The first-order valence-corrected chi connectivity index (χ1v) is 9.42. The molecule has 3 N–H and O–H groups in total. The average molecular weight is 404 g/mol. The highest BCUT2D eigenvalue weighted by Gasteiger charge is 2.14. The topological polar surface area (TPSA) is 95.1 Å². The van der Waals surface area contributed by atoms with Gasteiger partial charge in [-0.3, -0.25) is 9.36 Å². The van der Waals surface area contributed by atoms with Crippen LogP contribution in [-0.2, 0) is 17.1 Å². The molecule has 0 atom stereocenters. The molecule has 27 heavy (non-hydrogen) atoms. The number of hydrogen-bond donors (Lipinski definition) is 2. The number of nitrogen functional groups attached to an aromatic ring is 1. The second-order valence-electron chi connectivity index (χ2n) is 5.58. The van der Waals surface area contributed by atoms with Crippen LogP contribution < -0.4 is 15.8 Å². The molecule has 1 amide bonds.